The first-order valence-electron chi connectivity index (χ1n) is 10.1. The Morgan fingerprint density at radius 3 is 2.52 bits per heavy atom. The fourth-order valence-electron chi connectivity index (χ4n) is 4.03. The average molecular weight is 445 g/mol. The predicted octanol–water partition coefficient (Wildman–Crippen LogP) is 3.76. The monoisotopic (exact) mass is 445 g/mol. The van der Waals surface area contributed by atoms with Gasteiger partial charge in [0.2, 0.25) is 6.79 Å². The molecule has 3 aromatic carbocycles. The summed E-state index contributed by atoms with van der Waals surface area (Å²) >= 11 is 0. The van der Waals surface area contributed by atoms with Crippen molar-refractivity contribution in [1.29, 1.82) is 0 Å². The summed E-state index contributed by atoms with van der Waals surface area (Å²) in [6, 6.07) is 16.7. The molecular formula is C25H19NO7. The van der Waals surface area contributed by atoms with Crippen molar-refractivity contribution in [3.63, 3.8) is 0 Å². The summed E-state index contributed by atoms with van der Waals surface area (Å²) < 4.78 is 16.0. The third-order valence-corrected chi connectivity index (χ3v) is 5.63. The van der Waals surface area contributed by atoms with Crippen LogP contribution < -0.4 is 19.1 Å². The van der Waals surface area contributed by atoms with Gasteiger partial charge in [-0.25, -0.2) is 0 Å². The molecule has 2 N–H and O–H groups in total. The van der Waals surface area contributed by atoms with Crippen LogP contribution in [-0.2, 0) is 9.59 Å². The van der Waals surface area contributed by atoms with Gasteiger partial charge < -0.3 is 24.4 Å². The standard InChI is InChI=1S/C25H19NO7/c1-31-18-4-2-3-16(12-18)26-22(14-5-8-17(27)9-6-14)21(24(29)25(26)30)23(28)15-7-10-19-20(11-15)33-13-32-19/h2-12,22,27-28H,13H2,1H3/b23-21-. The number of phenolic OH excluding ortho intramolecular Hbond substituents is 1. The number of phenols is 1. The summed E-state index contributed by atoms with van der Waals surface area (Å²) in [5, 5.41) is 20.9. The topological polar surface area (TPSA) is 106 Å². The second-order valence-electron chi connectivity index (χ2n) is 7.53. The number of carbonyl (C=O) groups excluding carboxylic acids is 2. The first kappa shape index (κ1) is 20.4. The molecule has 1 unspecified atom stereocenters. The summed E-state index contributed by atoms with van der Waals surface area (Å²) in [5.74, 6) is -0.451. The molecule has 1 fully saturated rings. The molecule has 0 saturated carbocycles. The number of ketones is 1. The summed E-state index contributed by atoms with van der Waals surface area (Å²) in [6.07, 6.45) is 0. The van der Waals surface area contributed by atoms with Crippen molar-refractivity contribution in [2.24, 2.45) is 0 Å². The van der Waals surface area contributed by atoms with E-state index in [0.29, 0.717) is 34.1 Å². The zero-order valence-corrected chi connectivity index (χ0v) is 17.5. The normalized spacial score (nSPS) is 18.6. The maximum Gasteiger partial charge on any atom is 0.300 e. The van der Waals surface area contributed by atoms with Crippen molar-refractivity contribution in [1.82, 2.24) is 0 Å². The van der Waals surface area contributed by atoms with Gasteiger partial charge in [0.1, 0.15) is 17.3 Å². The Morgan fingerprint density at radius 1 is 1.00 bits per heavy atom. The fourth-order valence-corrected chi connectivity index (χ4v) is 4.03. The Morgan fingerprint density at radius 2 is 1.76 bits per heavy atom. The molecule has 0 radical (unpaired) electrons. The predicted molar refractivity (Wildman–Crippen MR) is 118 cm³/mol. The summed E-state index contributed by atoms with van der Waals surface area (Å²) in [6.45, 7) is 0.0628. The van der Waals surface area contributed by atoms with Gasteiger partial charge in [0.15, 0.2) is 11.5 Å². The summed E-state index contributed by atoms with van der Waals surface area (Å²) in [7, 11) is 1.50. The van der Waals surface area contributed by atoms with Crippen molar-refractivity contribution in [3.05, 3.63) is 83.4 Å². The van der Waals surface area contributed by atoms with Crippen molar-refractivity contribution < 1.29 is 34.0 Å². The van der Waals surface area contributed by atoms with E-state index in [9.17, 15) is 19.8 Å². The van der Waals surface area contributed by atoms with Crippen LogP contribution in [0.2, 0.25) is 0 Å². The quantitative estimate of drug-likeness (QED) is 0.358. The van der Waals surface area contributed by atoms with Crippen molar-refractivity contribution in [2.45, 2.75) is 6.04 Å². The smallest absolute Gasteiger partial charge is 0.300 e. The lowest BCUT2D eigenvalue weighted by atomic mass is 9.95. The van der Waals surface area contributed by atoms with Gasteiger partial charge >= 0.3 is 0 Å². The summed E-state index contributed by atoms with van der Waals surface area (Å²) in [4.78, 5) is 27.7. The lowest BCUT2D eigenvalue weighted by Crippen LogP contribution is -2.29. The van der Waals surface area contributed by atoms with E-state index in [0.717, 1.165) is 0 Å². The number of aliphatic hydroxyl groups is 1. The highest BCUT2D eigenvalue weighted by Crippen LogP contribution is 2.44. The molecule has 5 rings (SSSR count). The molecule has 2 aliphatic heterocycles. The molecule has 2 heterocycles. The van der Waals surface area contributed by atoms with E-state index < -0.39 is 17.7 Å². The molecule has 1 amide bonds. The highest BCUT2D eigenvalue weighted by Gasteiger charge is 2.47. The average Bonchev–Trinajstić information content (AvgIpc) is 3.41. The zero-order valence-electron chi connectivity index (χ0n) is 17.5. The van der Waals surface area contributed by atoms with E-state index in [-0.39, 0.29) is 23.9 Å². The fraction of sp³-hybridized carbons (Fsp3) is 0.120. The van der Waals surface area contributed by atoms with Crippen molar-refractivity contribution in [2.75, 3.05) is 18.8 Å². The Balaban J connectivity index is 1.70. The second-order valence-corrected chi connectivity index (χ2v) is 7.53. The van der Waals surface area contributed by atoms with Crippen LogP contribution in [0, 0.1) is 0 Å². The van der Waals surface area contributed by atoms with Gasteiger partial charge in [-0.3, -0.25) is 14.5 Å². The van der Waals surface area contributed by atoms with Gasteiger partial charge in [-0.2, -0.15) is 0 Å². The molecular weight excluding hydrogens is 426 g/mol. The molecule has 166 valence electrons. The number of rotatable bonds is 4. The van der Waals surface area contributed by atoms with Gasteiger partial charge in [-0.05, 0) is 48.0 Å². The summed E-state index contributed by atoms with van der Waals surface area (Å²) in [5.41, 5.74) is 1.20. The van der Waals surface area contributed by atoms with Gasteiger partial charge in [-0.1, -0.05) is 18.2 Å². The minimum absolute atomic E-state index is 0.0350. The van der Waals surface area contributed by atoms with Crippen molar-refractivity contribution in [3.8, 4) is 23.0 Å². The Hall–Kier alpha value is -4.46. The number of hydrogen-bond acceptors (Lipinski definition) is 7. The van der Waals surface area contributed by atoms with Crippen molar-refractivity contribution >= 4 is 23.1 Å². The third-order valence-electron chi connectivity index (χ3n) is 5.63. The number of fused-ring (bicyclic) bond motifs is 1. The molecule has 0 bridgehead atoms. The maximum atomic E-state index is 13.2. The number of amides is 1. The molecule has 1 saturated heterocycles. The minimum atomic E-state index is -0.928. The number of ether oxygens (including phenoxy) is 3. The van der Waals surface area contributed by atoms with E-state index >= 15 is 0 Å². The minimum Gasteiger partial charge on any atom is -0.508 e. The van der Waals surface area contributed by atoms with Crippen LogP contribution in [0.25, 0.3) is 5.76 Å². The van der Waals surface area contributed by atoms with Crippen LogP contribution in [0.5, 0.6) is 23.0 Å². The highest BCUT2D eigenvalue weighted by atomic mass is 16.7. The van der Waals surface area contributed by atoms with E-state index in [1.807, 2.05) is 0 Å². The van der Waals surface area contributed by atoms with Crippen LogP contribution in [0.4, 0.5) is 5.69 Å². The number of nitrogens with zero attached hydrogens (tertiary/aromatic N) is 1. The SMILES string of the molecule is COc1cccc(N2C(=O)C(=O)/C(=C(\O)c3ccc4c(c3)OCO4)C2c2ccc(O)cc2)c1. The lowest BCUT2D eigenvalue weighted by molar-refractivity contribution is -0.132. The number of methoxy groups -OCH3 is 1. The highest BCUT2D eigenvalue weighted by molar-refractivity contribution is 6.51. The molecule has 0 aromatic heterocycles. The largest absolute Gasteiger partial charge is 0.508 e. The Kier molecular flexibility index (Phi) is 4.90. The van der Waals surface area contributed by atoms with Crippen LogP contribution in [0.1, 0.15) is 17.2 Å². The molecule has 0 spiro atoms. The van der Waals surface area contributed by atoms with E-state index in [1.54, 1.807) is 54.6 Å². The van der Waals surface area contributed by atoms with Crippen LogP contribution >= 0.6 is 0 Å². The first-order valence-corrected chi connectivity index (χ1v) is 10.1. The van der Waals surface area contributed by atoms with Crippen LogP contribution in [0.15, 0.2) is 72.3 Å². The molecule has 1 atom stereocenters. The van der Waals surface area contributed by atoms with E-state index in [1.165, 1.54) is 24.1 Å². The molecule has 8 heteroatoms. The number of carbonyl (C=O) groups is 2. The molecule has 8 nitrogen and oxygen atoms in total. The lowest BCUT2D eigenvalue weighted by Gasteiger charge is -2.25. The Bertz CT molecular complexity index is 1300. The first-order chi connectivity index (χ1) is 16.0. The van der Waals surface area contributed by atoms with Gasteiger partial charge in [0, 0.05) is 17.3 Å². The van der Waals surface area contributed by atoms with Crippen LogP contribution in [-0.4, -0.2) is 35.8 Å². The number of anilines is 1. The van der Waals surface area contributed by atoms with Crippen LogP contribution in [0.3, 0.4) is 0 Å². The number of Topliss-reactive ketones (excluding diaryl/α,β-unsaturated/α-hetero) is 1. The molecule has 3 aromatic rings. The Labute approximate surface area is 188 Å². The number of benzene rings is 3. The van der Waals surface area contributed by atoms with E-state index in [4.69, 9.17) is 14.2 Å². The number of aliphatic hydroxyl groups excluding tert-OH is 1. The zero-order chi connectivity index (χ0) is 23.1. The van der Waals surface area contributed by atoms with E-state index in [2.05, 4.69) is 0 Å². The molecule has 0 aliphatic carbocycles. The van der Waals surface area contributed by atoms with Gasteiger partial charge in [0.25, 0.3) is 11.7 Å². The third kappa shape index (κ3) is 3.41. The molecule has 2 aliphatic rings. The van der Waals surface area contributed by atoms with Gasteiger partial charge in [0.05, 0.1) is 18.7 Å². The number of aromatic hydroxyl groups is 1. The number of hydrogen-bond donors (Lipinski definition) is 2. The maximum absolute atomic E-state index is 13.2. The second kappa shape index (κ2) is 7.90. The van der Waals surface area contributed by atoms with Gasteiger partial charge in [-0.15, -0.1) is 0 Å². The molecule has 33 heavy (non-hydrogen) atoms.